The SMILES string of the molecule is O=C([O-])[C@@H]1CNc2c(-c3ccccc3)c(Cc3cccc4ccccc34)cc(=O)n21.[Li+]. The average molecular weight is 402 g/mol. The van der Waals surface area contributed by atoms with Crippen LogP contribution in [-0.4, -0.2) is 17.1 Å². The van der Waals surface area contributed by atoms with Gasteiger partial charge in [-0.15, -0.1) is 0 Å². The molecule has 1 aromatic heterocycles. The minimum Gasteiger partial charge on any atom is -0.548 e. The van der Waals surface area contributed by atoms with Crippen LogP contribution in [-0.2, 0) is 11.2 Å². The van der Waals surface area contributed by atoms with E-state index >= 15 is 0 Å². The summed E-state index contributed by atoms with van der Waals surface area (Å²) in [6.07, 6.45) is 0.562. The Morgan fingerprint density at radius 1 is 0.968 bits per heavy atom. The van der Waals surface area contributed by atoms with Crippen LogP contribution in [0.4, 0.5) is 5.82 Å². The second kappa shape index (κ2) is 8.47. The van der Waals surface area contributed by atoms with Crippen LogP contribution in [0.1, 0.15) is 17.2 Å². The fourth-order valence-electron chi connectivity index (χ4n) is 4.35. The molecule has 0 saturated carbocycles. The number of hydrogen-bond donors (Lipinski definition) is 1. The summed E-state index contributed by atoms with van der Waals surface area (Å²) in [4.78, 5) is 24.5. The molecule has 4 aromatic rings. The summed E-state index contributed by atoms with van der Waals surface area (Å²) in [5, 5.41) is 17.0. The number of hydrogen-bond acceptors (Lipinski definition) is 4. The van der Waals surface area contributed by atoms with Crippen molar-refractivity contribution in [2.75, 3.05) is 11.9 Å². The number of nitrogens with zero attached hydrogens (tertiary/aromatic N) is 1. The summed E-state index contributed by atoms with van der Waals surface area (Å²) >= 11 is 0. The summed E-state index contributed by atoms with van der Waals surface area (Å²) in [7, 11) is 0. The molecule has 6 heteroatoms. The maximum Gasteiger partial charge on any atom is 1.00 e. The van der Waals surface area contributed by atoms with E-state index in [0.717, 1.165) is 33.0 Å². The zero-order valence-electron chi connectivity index (χ0n) is 17.2. The second-order valence-corrected chi connectivity index (χ2v) is 7.50. The van der Waals surface area contributed by atoms with Gasteiger partial charge in [0.15, 0.2) is 0 Å². The third-order valence-electron chi connectivity index (χ3n) is 5.70. The summed E-state index contributed by atoms with van der Waals surface area (Å²) in [5.74, 6) is -0.720. The molecule has 0 amide bonds. The Morgan fingerprint density at radius 3 is 2.45 bits per heavy atom. The topological polar surface area (TPSA) is 74.2 Å². The first-order chi connectivity index (χ1) is 14.6. The van der Waals surface area contributed by atoms with Crippen molar-refractivity contribution in [1.29, 1.82) is 0 Å². The standard InChI is InChI=1S/C25H20N2O3.Li/c28-22-14-19(13-18-11-6-10-16-7-4-5-12-20(16)18)23(17-8-2-1-3-9-17)24-26-15-21(25(29)30)27(22)24;/h1-12,14,21,26H,13,15H2,(H,29,30);/q;+1/p-1/t21-;/m0./s1. The Kier molecular flexibility index (Phi) is 5.73. The van der Waals surface area contributed by atoms with Gasteiger partial charge in [0, 0.05) is 18.2 Å². The third-order valence-corrected chi connectivity index (χ3v) is 5.70. The summed E-state index contributed by atoms with van der Waals surface area (Å²) in [5.41, 5.74) is 3.43. The molecular weight excluding hydrogens is 383 g/mol. The summed E-state index contributed by atoms with van der Waals surface area (Å²) in [6.45, 7) is 0.134. The van der Waals surface area contributed by atoms with Crippen molar-refractivity contribution >= 4 is 22.6 Å². The van der Waals surface area contributed by atoms with E-state index in [1.165, 1.54) is 4.57 Å². The van der Waals surface area contributed by atoms with Gasteiger partial charge in [-0.25, -0.2) is 0 Å². The van der Waals surface area contributed by atoms with Gasteiger partial charge in [-0.05, 0) is 33.9 Å². The number of rotatable bonds is 4. The first-order valence-electron chi connectivity index (χ1n) is 9.88. The predicted octanol–water partition coefficient (Wildman–Crippen LogP) is -0.0202. The van der Waals surface area contributed by atoms with Crippen LogP contribution >= 0.6 is 0 Å². The molecule has 1 aliphatic rings. The quantitative estimate of drug-likeness (QED) is 0.487. The molecule has 31 heavy (non-hydrogen) atoms. The molecule has 0 spiro atoms. The number of anilines is 1. The van der Waals surface area contributed by atoms with E-state index in [1.54, 1.807) is 6.07 Å². The number of carbonyl (C=O) groups is 1. The van der Waals surface area contributed by atoms with Crippen molar-refractivity contribution in [2.24, 2.45) is 0 Å². The van der Waals surface area contributed by atoms with Crippen molar-refractivity contribution in [3.05, 3.63) is 100 Å². The summed E-state index contributed by atoms with van der Waals surface area (Å²) in [6, 6.07) is 24.6. The fourth-order valence-corrected chi connectivity index (χ4v) is 4.35. The molecule has 0 fully saturated rings. The molecule has 5 nitrogen and oxygen atoms in total. The van der Waals surface area contributed by atoms with Gasteiger partial charge in [-0.1, -0.05) is 72.8 Å². The molecule has 3 aromatic carbocycles. The van der Waals surface area contributed by atoms with Crippen LogP contribution in [0.15, 0.2) is 83.7 Å². The maximum atomic E-state index is 12.9. The normalized spacial score (nSPS) is 14.5. The molecule has 0 radical (unpaired) electrons. The Labute approximate surface area is 191 Å². The predicted molar refractivity (Wildman–Crippen MR) is 115 cm³/mol. The number of aromatic nitrogens is 1. The number of fused-ring (bicyclic) bond motifs is 2. The van der Waals surface area contributed by atoms with E-state index in [9.17, 15) is 14.7 Å². The molecule has 1 N–H and O–H groups in total. The minimum atomic E-state index is -1.26. The van der Waals surface area contributed by atoms with E-state index in [4.69, 9.17) is 0 Å². The molecular formula is C25H19LiN2O3. The van der Waals surface area contributed by atoms with E-state index < -0.39 is 12.0 Å². The summed E-state index contributed by atoms with van der Waals surface area (Å²) < 4.78 is 1.31. The van der Waals surface area contributed by atoms with Crippen LogP contribution in [0.2, 0.25) is 0 Å². The van der Waals surface area contributed by atoms with Crippen molar-refractivity contribution in [3.8, 4) is 11.1 Å². The first-order valence-corrected chi connectivity index (χ1v) is 9.88. The smallest absolute Gasteiger partial charge is 0.548 e. The number of carboxylic acid groups (broad SMARTS) is 1. The Bertz CT molecular complexity index is 1330. The number of aliphatic carboxylic acids is 1. The Morgan fingerprint density at radius 2 is 1.68 bits per heavy atom. The number of benzene rings is 3. The molecule has 148 valence electrons. The van der Waals surface area contributed by atoms with Gasteiger partial charge in [-0.3, -0.25) is 9.36 Å². The zero-order valence-corrected chi connectivity index (χ0v) is 17.2. The second-order valence-electron chi connectivity index (χ2n) is 7.50. The number of carbonyl (C=O) groups excluding carboxylic acids is 1. The van der Waals surface area contributed by atoms with Gasteiger partial charge < -0.3 is 15.2 Å². The zero-order chi connectivity index (χ0) is 20.7. The Hall–Kier alpha value is -3.26. The number of carboxylic acids is 1. The van der Waals surface area contributed by atoms with Crippen LogP contribution in [0.25, 0.3) is 21.9 Å². The fraction of sp³-hybridized carbons (Fsp3) is 0.120. The van der Waals surface area contributed by atoms with Crippen molar-refractivity contribution in [3.63, 3.8) is 0 Å². The molecule has 0 unspecified atom stereocenters. The van der Waals surface area contributed by atoms with Crippen LogP contribution in [0.3, 0.4) is 0 Å². The van der Waals surface area contributed by atoms with E-state index in [1.807, 2.05) is 48.5 Å². The van der Waals surface area contributed by atoms with E-state index in [2.05, 4.69) is 29.6 Å². The molecule has 1 atom stereocenters. The minimum absolute atomic E-state index is 0. The average Bonchev–Trinajstić information content (AvgIpc) is 3.21. The molecule has 5 rings (SSSR count). The number of pyridine rings is 1. The molecule has 0 bridgehead atoms. The Balaban J connectivity index is 0.00000231. The maximum absolute atomic E-state index is 12.9. The third kappa shape index (κ3) is 3.67. The molecule has 2 heterocycles. The van der Waals surface area contributed by atoms with Gasteiger partial charge in [0.2, 0.25) is 0 Å². The van der Waals surface area contributed by atoms with Crippen LogP contribution in [0, 0.1) is 0 Å². The molecule has 0 saturated heterocycles. The van der Waals surface area contributed by atoms with Gasteiger partial charge in [-0.2, -0.15) is 0 Å². The van der Waals surface area contributed by atoms with Crippen molar-refractivity contribution in [1.82, 2.24) is 4.57 Å². The van der Waals surface area contributed by atoms with Crippen LogP contribution in [0.5, 0.6) is 0 Å². The molecule has 1 aliphatic heterocycles. The van der Waals surface area contributed by atoms with Crippen molar-refractivity contribution in [2.45, 2.75) is 12.5 Å². The van der Waals surface area contributed by atoms with Gasteiger partial charge >= 0.3 is 18.9 Å². The van der Waals surface area contributed by atoms with E-state index in [0.29, 0.717) is 12.2 Å². The number of nitrogens with one attached hydrogen (secondary N) is 1. The van der Waals surface area contributed by atoms with Crippen LogP contribution < -0.4 is 34.8 Å². The van der Waals surface area contributed by atoms with Gasteiger partial charge in [0.25, 0.3) is 5.56 Å². The van der Waals surface area contributed by atoms with Gasteiger partial charge in [0.05, 0.1) is 12.0 Å². The van der Waals surface area contributed by atoms with Gasteiger partial charge in [0.1, 0.15) is 5.82 Å². The first kappa shape index (κ1) is 21.0. The molecule has 0 aliphatic carbocycles. The van der Waals surface area contributed by atoms with E-state index in [-0.39, 0.29) is 31.0 Å². The largest absolute Gasteiger partial charge is 1.00 e. The monoisotopic (exact) mass is 402 g/mol. The van der Waals surface area contributed by atoms with Crippen molar-refractivity contribution < 1.29 is 28.8 Å².